The largest absolute Gasteiger partial charge is 0.443 e. The van der Waals surface area contributed by atoms with Crippen LogP contribution >= 0.6 is 11.3 Å². The van der Waals surface area contributed by atoms with Crippen LogP contribution in [0.5, 0.6) is 0 Å². The zero-order valence-corrected chi connectivity index (χ0v) is 22.8. The molecule has 0 radical (unpaired) electrons. The average Bonchev–Trinajstić information content (AvgIpc) is 3.65. The van der Waals surface area contributed by atoms with Crippen molar-refractivity contribution in [2.24, 2.45) is 14.1 Å². The number of nitrogens with one attached hydrogen (secondary N) is 3. The second-order valence-electron chi connectivity index (χ2n) is 10.1. The molecule has 1 saturated carbocycles. The van der Waals surface area contributed by atoms with Crippen LogP contribution in [0.4, 0.5) is 36.3 Å². The Balaban J connectivity index is 1.28. The number of thiazole rings is 1. The highest BCUT2D eigenvalue weighted by atomic mass is 32.1. The first-order chi connectivity index (χ1) is 19.2. The first-order valence-corrected chi connectivity index (χ1v) is 13.9. The van der Waals surface area contributed by atoms with Gasteiger partial charge in [0.15, 0.2) is 10.6 Å². The molecule has 4 aromatic heterocycles. The third-order valence-electron chi connectivity index (χ3n) is 7.19. The fraction of sp³-hybridized carbons (Fsp3) is 0.542. The van der Waals surface area contributed by atoms with Crippen molar-refractivity contribution in [3.8, 4) is 0 Å². The predicted octanol–water partition coefficient (Wildman–Crippen LogP) is 3.46. The van der Waals surface area contributed by atoms with E-state index in [1.807, 2.05) is 13.2 Å². The number of halogens is 3. The van der Waals surface area contributed by atoms with Gasteiger partial charge in [-0.2, -0.15) is 33.3 Å². The molecule has 16 heteroatoms. The summed E-state index contributed by atoms with van der Waals surface area (Å²) in [5, 5.41) is 17.6. The molecular weight excluding hydrogens is 547 g/mol. The van der Waals surface area contributed by atoms with Crippen molar-refractivity contribution in [2.45, 2.75) is 43.6 Å². The Kier molecular flexibility index (Phi) is 7.22. The van der Waals surface area contributed by atoms with Crippen LogP contribution in [0.25, 0.3) is 10.3 Å². The smallest absolute Gasteiger partial charge is 0.379 e. The van der Waals surface area contributed by atoms with Crippen molar-refractivity contribution in [2.75, 3.05) is 42.3 Å². The van der Waals surface area contributed by atoms with Gasteiger partial charge in [-0.1, -0.05) is 11.3 Å². The summed E-state index contributed by atoms with van der Waals surface area (Å²) in [6.45, 7) is 3.13. The van der Waals surface area contributed by atoms with E-state index in [2.05, 4.69) is 46.0 Å². The Bertz CT molecular complexity index is 1460. The fourth-order valence-electron chi connectivity index (χ4n) is 5.40. The first-order valence-electron chi connectivity index (χ1n) is 13.1. The number of hydrogen-bond acceptors (Lipinski definition) is 11. The Labute approximate surface area is 231 Å². The van der Waals surface area contributed by atoms with Crippen molar-refractivity contribution in [3.05, 3.63) is 29.8 Å². The van der Waals surface area contributed by atoms with Crippen molar-refractivity contribution < 1.29 is 17.9 Å². The van der Waals surface area contributed by atoms with Crippen molar-refractivity contribution >= 4 is 44.8 Å². The lowest BCUT2D eigenvalue weighted by atomic mass is 9.85. The normalized spacial score (nSPS) is 22.5. The van der Waals surface area contributed by atoms with E-state index in [-0.39, 0.29) is 40.2 Å². The second-order valence-corrected chi connectivity index (χ2v) is 11.1. The standard InChI is InChI=1S/C24H30F3N11OS/c1-36-12-15(10-28-36)30-17-9-14(3-4-18(17)38-5-7-39-8-6-38)31-20-19-21(40-22(33-19)24(25,26)27)35-23(34-20)32-16-11-29-37(2)13-16/h10-14,17-18,30H,3-9H2,1-2H3,(H2,31,32,34,35)/t14-,17?,18-/m0/s1. The molecule has 2 fully saturated rings. The summed E-state index contributed by atoms with van der Waals surface area (Å²) in [7, 11) is 3.64. The summed E-state index contributed by atoms with van der Waals surface area (Å²) in [5.41, 5.74) is 1.66. The molecule has 0 aromatic carbocycles. The molecule has 0 bridgehead atoms. The molecule has 1 aliphatic carbocycles. The fourth-order valence-corrected chi connectivity index (χ4v) is 6.21. The third-order valence-corrected chi connectivity index (χ3v) is 8.18. The van der Waals surface area contributed by atoms with E-state index in [9.17, 15) is 13.2 Å². The number of ether oxygens (including phenoxy) is 1. The summed E-state index contributed by atoms with van der Waals surface area (Å²) >= 11 is 0.506. The molecule has 1 unspecified atom stereocenters. The second kappa shape index (κ2) is 10.8. The van der Waals surface area contributed by atoms with E-state index in [4.69, 9.17) is 4.74 Å². The van der Waals surface area contributed by atoms with Crippen molar-refractivity contribution in [3.63, 3.8) is 0 Å². The van der Waals surface area contributed by atoms with E-state index < -0.39 is 11.2 Å². The van der Waals surface area contributed by atoms with E-state index in [0.717, 1.165) is 38.0 Å². The van der Waals surface area contributed by atoms with Crippen LogP contribution in [0.15, 0.2) is 24.8 Å². The van der Waals surface area contributed by atoms with E-state index >= 15 is 0 Å². The zero-order chi connectivity index (χ0) is 27.9. The topological polar surface area (TPSA) is 123 Å². The van der Waals surface area contributed by atoms with Gasteiger partial charge in [-0.15, -0.1) is 0 Å². The lowest BCUT2D eigenvalue weighted by molar-refractivity contribution is -0.137. The lowest BCUT2D eigenvalue weighted by Crippen LogP contribution is -2.55. The number of fused-ring (bicyclic) bond motifs is 1. The summed E-state index contributed by atoms with van der Waals surface area (Å²) < 4.78 is 49.6. The monoisotopic (exact) mass is 577 g/mol. The summed E-state index contributed by atoms with van der Waals surface area (Å²) in [6.07, 6.45) is 4.93. The number of rotatable bonds is 7. The highest BCUT2D eigenvalue weighted by molar-refractivity contribution is 7.18. The number of hydrogen-bond donors (Lipinski definition) is 3. The number of alkyl halides is 3. The minimum absolute atomic E-state index is 0.0492. The van der Waals surface area contributed by atoms with Gasteiger partial charge in [0, 0.05) is 57.7 Å². The van der Waals surface area contributed by atoms with Crippen LogP contribution in [-0.2, 0) is 25.0 Å². The first kappa shape index (κ1) is 26.7. The molecular formula is C24H30F3N11OS. The maximum atomic E-state index is 13.6. The molecule has 40 heavy (non-hydrogen) atoms. The van der Waals surface area contributed by atoms with Gasteiger partial charge in [-0.3, -0.25) is 14.3 Å². The van der Waals surface area contributed by atoms with Crippen LogP contribution < -0.4 is 16.0 Å². The molecule has 4 aromatic rings. The Morgan fingerprint density at radius 2 is 1.68 bits per heavy atom. The van der Waals surface area contributed by atoms with Gasteiger partial charge in [-0.05, 0) is 19.3 Å². The highest BCUT2D eigenvalue weighted by Crippen LogP contribution is 2.38. The minimum atomic E-state index is -4.57. The van der Waals surface area contributed by atoms with Gasteiger partial charge in [0.05, 0.1) is 37.0 Å². The third kappa shape index (κ3) is 5.83. The van der Waals surface area contributed by atoms with E-state index in [0.29, 0.717) is 30.2 Å². The minimum Gasteiger partial charge on any atom is -0.379 e. The number of morpholine rings is 1. The molecule has 6 rings (SSSR count). The van der Waals surface area contributed by atoms with E-state index in [1.165, 1.54) is 0 Å². The summed E-state index contributed by atoms with van der Waals surface area (Å²) in [6, 6.07) is 0.318. The lowest BCUT2D eigenvalue weighted by Gasteiger charge is -2.44. The molecule has 0 spiro atoms. The van der Waals surface area contributed by atoms with Gasteiger partial charge in [0.2, 0.25) is 11.0 Å². The maximum Gasteiger partial charge on any atom is 0.443 e. The average molecular weight is 578 g/mol. The number of nitrogens with zero attached hydrogens (tertiary/aromatic N) is 8. The molecule has 3 atom stereocenters. The SMILES string of the molecule is Cn1cc(Nc2nc(N[C@H]3CC[C@H](N4CCOCC4)C(Nc4cnn(C)c4)C3)c3nc(C(F)(F)F)sc3n2)cn1. The van der Waals surface area contributed by atoms with E-state index in [1.54, 1.807) is 35.0 Å². The van der Waals surface area contributed by atoms with Crippen molar-refractivity contribution in [1.82, 2.24) is 39.4 Å². The van der Waals surface area contributed by atoms with Gasteiger partial charge < -0.3 is 20.7 Å². The number of aromatic nitrogens is 7. The summed E-state index contributed by atoms with van der Waals surface area (Å²) in [4.78, 5) is 15.4. The number of aryl methyl sites for hydroxylation is 2. The van der Waals surface area contributed by atoms with Crippen LogP contribution in [-0.4, -0.2) is 83.8 Å². The molecule has 12 nitrogen and oxygen atoms in total. The van der Waals surface area contributed by atoms with Crippen LogP contribution in [0.2, 0.25) is 0 Å². The van der Waals surface area contributed by atoms with Gasteiger partial charge in [-0.25, -0.2) is 4.98 Å². The number of anilines is 4. The molecule has 5 heterocycles. The van der Waals surface area contributed by atoms with Crippen molar-refractivity contribution in [1.29, 1.82) is 0 Å². The molecule has 1 aliphatic heterocycles. The summed E-state index contributed by atoms with van der Waals surface area (Å²) in [5.74, 6) is 0.450. The molecule has 1 saturated heterocycles. The van der Waals surface area contributed by atoms with Gasteiger partial charge >= 0.3 is 6.18 Å². The highest BCUT2D eigenvalue weighted by Gasteiger charge is 2.38. The Morgan fingerprint density at radius 3 is 2.35 bits per heavy atom. The molecule has 3 N–H and O–H groups in total. The van der Waals surface area contributed by atoms with Crippen LogP contribution in [0.3, 0.4) is 0 Å². The molecule has 2 aliphatic rings. The zero-order valence-electron chi connectivity index (χ0n) is 22.0. The van der Waals surface area contributed by atoms with Crippen LogP contribution in [0, 0.1) is 0 Å². The Hall–Kier alpha value is -3.50. The molecule has 214 valence electrons. The maximum absolute atomic E-state index is 13.6. The quantitative estimate of drug-likeness (QED) is 0.301. The van der Waals surface area contributed by atoms with Gasteiger partial charge in [0.25, 0.3) is 0 Å². The van der Waals surface area contributed by atoms with Crippen LogP contribution in [0.1, 0.15) is 24.3 Å². The van der Waals surface area contributed by atoms with Gasteiger partial charge in [0.1, 0.15) is 5.52 Å². The Morgan fingerprint density at radius 1 is 0.950 bits per heavy atom. The molecule has 0 amide bonds. The predicted molar refractivity (Wildman–Crippen MR) is 145 cm³/mol.